The van der Waals surface area contributed by atoms with Crippen molar-refractivity contribution >= 4 is 99.7 Å². The number of hydrogen-bond acceptors (Lipinski definition) is 24. The molecule has 39 heteroatoms. The number of Topliss-reactive ketones (excluding diaryl/α,β-unsaturated/α-hetero) is 3. The van der Waals surface area contributed by atoms with E-state index < -0.39 is 46.3 Å². The first-order valence-corrected chi connectivity index (χ1v) is 43.7. The van der Waals surface area contributed by atoms with Crippen molar-refractivity contribution in [2.75, 3.05) is 39.3 Å². The van der Waals surface area contributed by atoms with E-state index >= 15 is 0 Å². The highest BCUT2D eigenvalue weighted by atomic mass is 32.2. The van der Waals surface area contributed by atoms with Gasteiger partial charge in [0.05, 0.1) is 111 Å². The largest absolute Gasteiger partial charge is 0.291 e. The van der Waals surface area contributed by atoms with Gasteiger partial charge in [0, 0.05) is 68.5 Å². The number of aromatic nitrogens is 18. The van der Waals surface area contributed by atoms with Gasteiger partial charge in [-0.3, -0.25) is 19.1 Å². The average Bonchev–Trinajstić information content (AvgIpc) is 1.33. The Morgan fingerprint density at radius 1 is 0.456 bits per heavy atom. The van der Waals surface area contributed by atoms with Gasteiger partial charge in [0.25, 0.3) is 30.1 Å². The molecule has 3 fully saturated rings. The van der Waals surface area contributed by atoms with Crippen molar-refractivity contribution in [1.29, 1.82) is 0 Å². The zero-order valence-corrected chi connectivity index (χ0v) is 66.4. The highest BCUT2D eigenvalue weighted by Crippen LogP contribution is 2.51. The van der Waals surface area contributed by atoms with Gasteiger partial charge in [-0.1, -0.05) is 47.9 Å². The second-order valence-electron chi connectivity index (χ2n) is 28.4. The molecule has 588 valence electrons. The lowest BCUT2D eigenvalue weighted by Gasteiger charge is -2.44. The van der Waals surface area contributed by atoms with Crippen molar-refractivity contribution in [2.45, 2.75) is 113 Å². The lowest BCUT2D eigenvalue weighted by Crippen LogP contribution is -2.53. The Hall–Kier alpha value is -10.7. The number of thiazole rings is 3. The van der Waals surface area contributed by atoms with Crippen LogP contribution >= 0.6 is 34.0 Å². The van der Waals surface area contributed by atoms with Crippen LogP contribution in [0.25, 0.3) is 35.3 Å². The van der Waals surface area contributed by atoms with E-state index in [-0.39, 0.29) is 108 Å². The predicted molar refractivity (Wildman–Crippen MR) is 413 cm³/mol. The number of carbonyl (C=O) groups excluding carboxylic acids is 3. The number of piperidine rings is 3. The fourth-order valence-corrected chi connectivity index (χ4v) is 21.7. The normalized spacial score (nSPS) is 19.6. The van der Waals surface area contributed by atoms with Crippen LogP contribution in [0.5, 0.6) is 0 Å². The molecule has 3 saturated heterocycles. The van der Waals surface area contributed by atoms with Crippen LogP contribution in [0.2, 0.25) is 0 Å². The van der Waals surface area contributed by atoms with Crippen molar-refractivity contribution in [2.24, 2.45) is 16.2 Å². The van der Waals surface area contributed by atoms with Crippen molar-refractivity contribution in [1.82, 2.24) is 102 Å². The Bertz CT molecular complexity index is 5850. The number of sulfonamides is 3. The van der Waals surface area contributed by atoms with Crippen molar-refractivity contribution in [3.05, 3.63) is 228 Å². The summed E-state index contributed by atoms with van der Waals surface area (Å²) in [5.41, 5.74) is 11.7. The van der Waals surface area contributed by atoms with Gasteiger partial charge in [0.15, 0.2) is 22.4 Å². The summed E-state index contributed by atoms with van der Waals surface area (Å²) in [6.07, 6.45) is 18.9. The Morgan fingerprint density at radius 2 is 0.842 bits per heavy atom. The first kappa shape index (κ1) is 77.3. The Kier molecular flexibility index (Phi) is 21.0. The van der Waals surface area contributed by atoms with Crippen LogP contribution in [-0.2, 0) is 69.0 Å². The van der Waals surface area contributed by atoms with Gasteiger partial charge in [-0.05, 0) is 166 Å². The molecule has 3 aliphatic heterocycles. The van der Waals surface area contributed by atoms with Crippen LogP contribution in [0.4, 0.5) is 13.2 Å². The number of rotatable bonds is 21. The number of halogens is 3. The molecule has 0 saturated carbocycles. The van der Waals surface area contributed by atoms with Crippen LogP contribution in [-0.4, -0.2) is 184 Å². The van der Waals surface area contributed by atoms with Crippen LogP contribution in [0.1, 0.15) is 125 Å². The summed E-state index contributed by atoms with van der Waals surface area (Å²) >= 11 is 3.95. The van der Waals surface area contributed by atoms with Crippen LogP contribution < -0.4 is 0 Å². The summed E-state index contributed by atoms with van der Waals surface area (Å²) in [4.78, 5) is 56.2. The number of aryl methyl sites for hydroxylation is 3. The fourth-order valence-electron chi connectivity index (χ4n) is 15.8. The number of benzene rings is 3. The van der Waals surface area contributed by atoms with Gasteiger partial charge in [-0.25, -0.2) is 72.1 Å². The number of hydrogen-bond donors (Lipinski definition) is 0. The summed E-state index contributed by atoms with van der Waals surface area (Å²) in [5, 5.41) is 42.3. The first-order chi connectivity index (χ1) is 55.0. The molecule has 0 unspecified atom stereocenters. The summed E-state index contributed by atoms with van der Waals surface area (Å²) in [7, 11) is -11.9. The maximum Gasteiger partial charge on any atom is 0.264 e. The molecule has 0 spiro atoms. The van der Waals surface area contributed by atoms with E-state index in [2.05, 4.69) is 61.1 Å². The van der Waals surface area contributed by atoms with Gasteiger partial charge >= 0.3 is 0 Å². The molecule has 12 heterocycles. The minimum absolute atomic E-state index is 0.0173. The third kappa shape index (κ3) is 14.1. The molecular weight excluding hydrogens is 1590 g/mol. The number of fused-ring (bicyclic) bond motifs is 6. The molecule has 30 nitrogen and oxygen atoms in total. The lowest BCUT2D eigenvalue weighted by molar-refractivity contribution is 0.0763. The molecule has 9 aromatic heterocycles. The van der Waals surface area contributed by atoms with E-state index in [1.54, 1.807) is 102 Å². The van der Waals surface area contributed by atoms with Crippen molar-refractivity contribution < 1.29 is 52.8 Å². The third-order valence-electron chi connectivity index (χ3n) is 21.4. The van der Waals surface area contributed by atoms with E-state index in [4.69, 9.17) is 0 Å². The quantitative estimate of drug-likeness (QED) is 0.0603. The van der Waals surface area contributed by atoms with E-state index in [9.17, 15) is 52.8 Å². The zero-order valence-electron chi connectivity index (χ0n) is 61.5. The second kappa shape index (κ2) is 30.9. The lowest BCUT2D eigenvalue weighted by atomic mass is 9.65. The van der Waals surface area contributed by atoms with Crippen LogP contribution in [0.3, 0.4) is 0 Å². The Balaban J connectivity index is 0.000000129. The monoisotopic (exact) mass is 1660 g/mol. The maximum atomic E-state index is 14.1. The maximum absolute atomic E-state index is 14.1. The minimum Gasteiger partial charge on any atom is -0.291 e. The topological polar surface area (TPSA) is 348 Å². The number of nitrogens with zero attached hydrogens (tertiary/aromatic N) is 21. The van der Waals surface area contributed by atoms with Gasteiger partial charge < -0.3 is 0 Å². The minimum atomic E-state index is -3.98. The highest BCUT2D eigenvalue weighted by Gasteiger charge is 2.55. The fraction of sp³-hybridized carbons (Fsp3) is 0.320. The van der Waals surface area contributed by atoms with Gasteiger partial charge in [0.1, 0.15) is 34.5 Å². The molecule has 3 atom stereocenters. The molecular formula is C75H72F3N21O9S6. The first-order valence-electron chi connectivity index (χ1n) is 36.6. The Labute approximate surface area is 663 Å². The average molecular weight is 1660 g/mol. The van der Waals surface area contributed by atoms with Crippen LogP contribution in [0.15, 0.2) is 174 Å². The summed E-state index contributed by atoms with van der Waals surface area (Å²) in [6.45, 7) is 7.83. The SMILES string of the molecule is CCCn1cc(S(=O)(=O)N2CCC3=Cc4c(cnn4-c4ccc(F)cc4)C[C@]3(C(=O)c3cscn3)C2)nn1.CCCn1ncc(S(=O)(=O)N2CCC3=Cc4c(cnn4-c4ccc(F)cc4)C[C@]3(C(=O)c3cscn3)C2)n1.CCCn1nncc1S(=O)(=O)N1CCC2=Cc3c(cnn3-c3ccc(F)cc3)C[C@]2(C(=O)c2cscn2)C1. The molecule has 114 heavy (non-hydrogen) atoms. The smallest absolute Gasteiger partial charge is 0.264 e. The molecule has 18 rings (SSSR count). The molecule has 0 radical (unpaired) electrons. The number of carbonyl (C=O) groups is 3. The van der Waals surface area contributed by atoms with E-state index in [0.29, 0.717) is 79.5 Å². The molecule has 6 aliphatic rings. The molecule has 0 bridgehead atoms. The zero-order chi connectivity index (χ0) is 79.5. The molecule has 3 aromatic carbocycles. The molecule has 3 aliphatic carbocycles. The van der Waals surface area contributed by atoms with Gasteiger partial charge in [-0.2, -0.15) is 38.1 Å². The van der Waals surface area contributed by atoms with Gasteiger partial charge in [0.2, 0.25) is 10.1 Å². The van der Waals surface area contributed by atoms with Crippen molar-refractivity contribution in [3.63, 3.8) is 0 Å². The van der Waals surface area contributed by atoms with E-state index in [0.717, 1.165) is 63.3 Å². The molecule has 0 N–H and O–H groups in total. The Morgan fingerprint density at radius 3 is 1.22 bits per heavy atom. The third-order valence-corrected chi connectivity index (χ3v) is 28.4. The van der Waals surface area contributed by atoms with E-state index in [1.807, 2.05) is 39.0 Å². The molecule has 12 aromatic rings. The van der Waals surface area contributed by atoms with E-state index in [1.165, 1.54) is 116 Å². The summed E-state index contributed by atoms with van der Waals surface area (Å²) in [6, 6.07) is 18.1. The standard InChI is InChI=1S/3C25H24FN7O3S2/c1-2-8-32-23(13-28-30-32)38(35,36)31-9-7-18-10-22-17(12-29-33(22)20-5-3-19(26)4-6-20)11-25(18,15-31)24(34)21-14-37-16-27-21;1-2-8-32-28-13-23(30-32)38(35,36)31-9-7-18-10-22-17(12-29-33(22)20-5-3-19(26)4-6-20)11-25(18,15-31)24(34)21-14-37-16-27-21;1-2-8-31-13-23(29-30-31)38(35,36)32-9-7-18-10-22-17(12-28-33(22)20-5-3-19(26)4-6-20)11-25(18,15-32)24(34)21-14-37-16-27-21/h3*3-6,10,12-14,16H,2,7-9,11,15H2,1H3/t3*25-/m000/s1. The highest BCUT2D eigenvalue weighted by molar-refractivity contribution is 7.89. The molecule has 0 amide bonds. The second-order valence-corrected chi connectivity index (χ2v) is 36.2. The van der Waals surface area contributed by atoms with Crippen LogP contribution in [0, 0.1) is 33.7 Å². The van der Waals surface area contributed by atoms with Gasteiger partial charge in [-0.15, -0.1) is 49.3 Å². The van der Waals surface area contributed by atoms with Crippen molar-refractivity contribution in [3.8, 4) is 17.1 Å². The summed E-state index contributed by atoms with van der Waals surface area (Å²) < 4.78 is 135. The predicted octanol–water partition coefficient (Wildman–Crippen LogP) is 10.1. The summed E-state index contributed by atoms with van der Waals surface area (Å²) in [5.74, 6) is -1.69. The number of ketones is 3.